The second-order valence-corrected chi connectivity index (χ2v) is 6.27. The van der Waals surface area contributed by atoms with Crippen molar-refractivity contribution in [2.75, 3.05) is 18.0 Å². The van der Waals surface area contributed by atoms with Crippen LogP contribution in [0.3, 0.4) is 0 Å². The van der Waals surface area contributed by atoms with Crippen molar-refractivity contribution in [1.82, 2.24) is 10.3 Å². The van der Waals surface area contributed by atoms with E-state index in [1.54, 1.807) is 0 Å². The summed E-state index contributed by atoms with van der Waals surface area (Å²) >= 11 is 0. The first kappa shape index (κ1) is 14.6. The fourth-order valence-corrected chi connectivity index (χ4v) is 2.25. The molecule has 5 nitrogen and oxygen atoms in total. The van der Waals surface area contributed by atoms with Crippen LogP contribution < -0.4 is 10.2 Å². The minimum atomic E-state index is -0.458. The van der Waals surface area contributed by atoms with Gasteiger partial charge < -0.3 is 15.0 Å². The molecule has 1 N–H and O–H groups in total. The summed E-state index contributed by atoms with van der Waals surface area (Å²) in [5, 5.41) is 2.92. The van der Waals surface area contributed by atoms with Gasteiger partial charge in [-0.25, -0.2) is 9.78 Å². The minimum Gasteiger partial charge on any atom is -0.444 e. The Labute approximate surface area is 120 Å². The number of carbonyl (C=O) groups excluding carboxylic acids is 1. The molecule has 1 fully saturated rings. The first-order chi connectivity index (χ1) is 9.33. The Morgan fingerprint density at radius 2 is 2.25 bits per heavy atom. The minimum absolute atomic E-state index is 0.118. The van der Waals surface area contributed by atoms with Gasteiger partial charge in [-0.15, -0.1) is 0 Å². The van der Waals surface area contributed by atoms with Gasteiger partial charge in [-0.2, -0.15) is 0 Å². The lowest BCUT2D eigenvalue weighted by molar-refractivity contribution is 0.0509. The van der Waals surface area contributed by atoms with Gasteiger partial charge in [0.2, 0.25) is 0 Å². The molecule has 1 aliphatic heterocycles. The number of aromatic nitrogens is 1. The number of aryl methyl sites for hydroxylation is 1. The molecule has 0 aliphatic carbocycles. The van der Waals surface area contributed by atoms with E-state index in [0.29, 0.717) is 0 Å². The van der Waals surface area contributed by atoms with Crippen LogP contribution in [0.15, 0.2) is 18.3 Å². The van der Waals surface area contributed by atoms with E-state index >= 15 is 0 Å². The average molecular weight is 277 g/mol. The number of nitrogens with one attached hydrogen (secondary N) is 1. The fourth-order valence-electron chi connectivity index (χ4n) is 2.25. The van der Waals surface area contributed by atoms with Crippen LogP contribution in [0.2, 0.25) is 0 Å². The molecule has 1 aliphatic rings. The van der Waals surface area contributed by atoms with Crippen LogP contribution in [-0.2, 0) is 4.74 Å². The third-order valence-electron chi connectivity index (χ3n) is 3.13. The van der Waals surface area contributed by atoms with Crippen LogP contribution in [0.1, 0.15) is 32.8 Å². The molecule has 20 heavy (non-hydrogen) atoms. The van der Waals surface area contributed by atoms with E-state index in [4.69, 9.17) is 4.74 Å². The normalized spacial score (nSPS) is 19.0. The molecule has 1 saturated heterocycles. The quantitative estimate of drug-likeness (QED) is 0.902. The summed E-state index contributed by atoms with van der Waals surface area (Å²) in [4.78, 5) is 18.3. The van der Waals surface area contributed by atoms with E-state index in [-0.39, 0.29) is 12.1 Å². The van der Waals surface area contributed by atoms with Gasteiger partial charge in [0.15, 0.2) is 0 Å². The van der Waals surface area contributed by atoms with Gasteiger partial charge in [0.1, 0.15) is 11.4 Å². The van der Waals surface area contributed by atoms with Crippen molar-refractivity contribution < 1.29 is 9.53 Å². The van der Waals surface area contributed by atoms with Gasteiger partial charge in [-0.1, -0.05) is 0 Å². The first-order valence-corrected chi connectivity index (χ1v) is 7.00. The molecule has 0 saturated carbocycles. The predicted molar refractivity (Wildman–Crippen MR) is 79.0 cm³/mol. The number of hydrogen-bond donors (Lipinski definition) is 1. The van der Waals surface area contributed by atoms with E-state index in [9.17, 15) is 4.79 Å². The molecule has 1 atom stereocenters. The largest absolute Gasteiger partial charge is 0.444 e. The van der Waals surface area contributed by atoms with E-state index < -0.39 is 5.60 Å². The van der Waals surface area contributed by atoms with Crippen molar-refractivity contribution in [2.24, 2.45) is 0 Å². The number of hydrogen-bond acceptors (Lipinski definition) is 4. The molecule has 5 heteroatoms. The summed E-state index contributed by atoms with van der Waals surface area (Å²) in [5.41, 5.74) is 0.735. The van der Waals surface area contributed by atoms with Crippen molar-refractivity contribution >= 4 is 11.9 Å². The van der Waals surface area contributed by atoms with Crippen LogP contribution in [0.4, 0.5) is 10.6 Å². The highest BCUT2D eigenvalue weighted by atomic mass is 16.6. The second-order valence-electron chi connectivity index (χ2n) is 6.27. The number of amides is 1. The summed E-state index contributed by atoms with van der Waals surface area (Å²) in [6.45, 7) is 9.32. The maximum absolute atomic E-state index is 11.7. The number of ether oxygens (including phenoxy) is 1. The molecule has 0 aromatic carbocycles. The maximum atomic E-state index is 11.7. The highest BCUT2D eigenvalue weighted by molar-refractivity contribution is 5.68. The Morgan fingerprint density at radius 1 is 1.50 bits per heavy atom. The van der Waals surface area contributed by atoms with Crippen LogP contribution in [0, 0.1) is 6.92 Å². The Morgan fingerprint density at radius 3 is 2.90 bits per heavy atom. The van der Waals surface area contributed by atoms with E-state index in [0.717, 1.165) is 25.3 Å². The molecule has 1 unspecified atom stereocenters. The predicted octanol–water partition coefficient (Wildman–Crippen LogP) is 2.49. The summed E-state index contributed by atoms with van der Waals surface area (Å²) in [5.74, 6) is 0.971. The summed E-state index contributed by atoms with van der Waals surface area (Å²) in [6, 6.07) is 4.17. The topological polar surface area (TPSA) is 54.5 Å². The molecule has 110 valence electrons. The molecule has 1 aromatic rings. The first-order valence-electron chi connectivity index (χ1n) is 7.00. The molecule has 0 radical (unpaired) electrons. The fraction of sp³-hybridized carbons (Fsp3) is 0.600. The van der Waals surface area contributed by atoms with Gasteiger partial charge in [0.05, 0.1) is 6.04 Å². The van der Waals surface area contributed by atoms with Gasteiger partial charge in [-0.3, -0.25) is 0 Å². The number of nitrogens with zero attached hydrogens (tertiary/aromatic N) is 2. The van der Waals surface area contributed by atoms with Gasteiger partial charge in [0, 0.05) is 19.3 Å². The lowest BCUT2D eigenvalue weighted by Gasteiger charge is -2.22. The van der Waals surface area contributed by atoms with E-state index in [1.165, 1.54) is 5.56 Å². The Bertz CT molecular complexity index is 482. The molecular weight excluding hydrogens is 254 g/mol. The lowest BCUT2D eigenvalue weighted by atomic mass is 10.2. The van der Waals surface area contributed by atoms with Gasteiger partial charge >= 0.3 is 6.09 Å². The van der Waals surface area contributed by atoms with Crippen LogP contribution in [0.5, 0.6) is 0 Å². The summed E-state index contributed by atoms with van der Waals surface area (Å²) in [7, 11) is 0. The molecule has 0 bridgehead atoms. The zero-order valence-corrected chi connectivity index (χ0v) is 12.6. The Balaban J connectivity index is 1.88. The lowest BCUT2D eigenvalue weighted by Crippen LogP contribution is -2.40. The van der Waals surface area contributed by atoms with Gasteiger partial charge in [0.25, 0.3) is 0 Å². The monoisotopic (exact) mass is 277 g/mol. The van der Waals surface area contributed by atoms with E-state index in [1.807, 2.05) is 33.0 Å². The summed E-state index contributed by atoms with van der Waals surface area (Å²) < 4.78 is 5.28. The van der Waals surface area contributed by atoms with E-state index in [2.05, 4.69) is 28.2 Å². The maximum Gasteiger partial charge on any atom is 0.407 e. The highest BCUT2D eigenvalue weighted by Crippen LogP contribution is 2.19. The molecule has 0 spiro atoms. The van der Waals surface area contributed by atoms with Gasteiger partial charge in [-0.05, 0) is 51.8 Å². The second kappa shape index (κ2) is 5.69. The molecule has 2 rings (SSSR count). The SMILES string of the molecule is Cc1ccnc(N2CCC(NC(=O)OC(C)(C)C)C2)c1. The number of pyridine rings is 1. The van der Waals surface area contributed by atoms with Crippen molar-refractivity contribution in [3.63, 3.8) is 0 Å². The van der Waals surface area contributed by atoms with Crippen LogP contribution in [0.25, 0.3) is 0 Å². The molecular formula is C15H23N3O2. The smallest absolute Gasteiger partial charge is 0.407 e. The van der Waals surface area contributed by atoms with Crippen molar-refractivity contribution in [1.29, 1.82) is 0 Å². The van der Waals surface area contributed by atoms with Crippen molar-refractivity contribution in [2.45, 2.75) is 45.8 Å². The number of anilines is 1. The zero-order valence-electron chi connectivity index (χ0n) is 12.6. The Kier molecular flexibility index (Phi) is 4.16. The zero-order chi connectivity index (χ0) is 14.8. The third-order valence-corrected chi connectivity index (χ3v) is 3.13. The standard InChI is InChI=1S/C15H23N3O2/c1-11-5-7-16-13(9-11)18-8-6-12(10-18)17-14(19)20-15(2,3)4/h5,7,9,12H,6,8,10H2,1-4H3,(H,17,19). The third kappa shape index (κ3) is 4.11. The average Bonchev–Trinajstić information content (AvgIpc) is 2.74. The number of alkyl carbamates (subject to hydrolysis) is 1. The number of carbonyl (C=O) groups is 1. The van der Waals surface area contributed by atoms with Crippen molar-refractivity contribution in [3.8, 4) is 0 Å². The molecule has 1 amide bonds. The Hall–Kier alpha value is -1.78. The van der Waals surface area contributed by atoms with Crippen molar-refractivity contribution in [3.05, 3.63) is 23.9 Å². The molecule has 1 aromatic heterocycles. The number of rotatable bonds is 2. The van der Waals surface area contributed by atoms with Crippen LogP contribution >= 0.6 is 0 Å². The summed E-state index contributed by atoms with van der Waals surface area (Å²) in [6.07, 6.45) is 2.38. The van der Waals surface area contributed by atoms with Crippen LogP contribution in [-0.4, -0.2) is 35.8 Å². The highest BCUT2D eigenvalue weighted by Gasteiger charge is 2.26. The molecule has 2 heterocycles.